The molecule has 0 saturated heterocycles. The van der Waals surface area contributed by atoms with Gasteiger partial charge >= 0.3 is 0 Å². The molecule has 4 rings (SSSR count). The van der Waals surface area contributed by atoms with Gasteiger partial charge in [0.2, 0.25) is 0 Å². The fourth-order valence-corrected chi connectivity index (χ4v) is 3.02. The minimum Gasteiger partial charge on any atom is -0.491 e. The molecule has 1 aliphatic heterocycles. The van der Waals surface area contributed by atoms with Crippen molar-refractivity contribution in [1.82, 2.24) is 9.88 Å². The molecule has 0 bridgehead atoms. The van der Waals surface area contributed by atoms with E-state index in [2.05, 4.69) is 17.1 Å². The standard InChI is InChI=1S/C21H18N2O2/c24-21(23-12-13-25-20-10-11-22-14-19(20)15-23)18-8-6-17(7-9-18)16-4-2-1-3-5-16/h1-11,14H,12-13,15H2. The minimum atomic E-state index is 0.0138. The lowest BCUT2D eigenvalue weighted by molar-refractivity contribution is 0.0733. The third-order valence-corrected chi connectivity index (χ3v) is 4.36. The monoisotopic (exact) mass is 330 g/mol. The van der Waals surface area contributed by atoms with Crippen LogP contribution in [0.4, 0.5) is 0 Å². The van der Waals surface area contributed by atoms with E-state index in [1.165, 1.54) is 0 Å². The Labute approximate surface area is 146 Å². The second-order valence-electron chi connectivity index (χ2n) is 6.00. The van der Waals surface area contributed by atoms with Gasteiger partial charge in [-0.25, -0.2) is 0 Å². The number of amides is 1. The molecule has 25 heavy (non-hydrogen) atoms. The molecule has 2 heterocycles. The molecule has 1 aromatic heterocycles. The zero-order valence-electron chi connectivity index (χ0n) is 13.8. The van der Waals surface area contributed by atoms with E-state index >= 15 is 0 Å². The maximum Gasteiger partial charge on any atom is 0.254 e. The highest BCUT2D eigenvalue weighted by atomic mass is 16.5. The lowest BCUT2D eigenvalue weighted by Crippen LogP contribution is -2.32. The van der Waals surface area contributed by atoms with E-state index in [9.17, 15) is 4.79 Å². The van der Waals surface area contributed by atoms with Crippen LogP contribution in [-0.2, 0) is 6.54 Å². The minimum absolute atomic E-state index is 0.0138. The molecule has 0 radical (unpaired) electrons. The Bertz CT molecular complexity index is 876. The number of pyridine rings is 1. The molecule has 0 atom stereocenters. The summed E-state index contributed by atoms with van der Waals surface area (Å²) in [5, 5.41) is 0. The summed E-state index contributed by atoms with van der Waals surface area (Å²) >= 11 is 0. The number of fused-ring (bicyclic) bond motifs is 1. The van der Waals surface area contributed by atoms with Gasteiger partial charge in [-0.15, -0.1) is 0 Å². The highest BCUT2D eigenvalue weighted by Gasteiger charge is 2.21. The van der Waals surface area contributed by atoms with Crippen LogP contribution < -0.4 is 4.74 Å². The van der Waals surface area contributed by atoms with Crippen molar-refractivity contribution in [3.8, 4) is 16.9 Å². The number of hydrogen-bond donors (Lipinski definition) is 0. The molecule has 0 saturated carbocycles. The molecule has 3 aromatic rings. The predicted molar refractivity (Wildman–Crippen MR) is 96.4 cm³/mol. The molecule has 4 nitrogen and oxygen atoms in total. The molecule has 1 amide bonds. The highest BCUT2D eigenvalue weighted by molar-refractivity contribution is 5.94. The molecule has 2 aromatic carbocycles. The maximum absolute atomic E-state index is 12.9. The summed E-state index contributed by atoms with van der Waals surface area (Å²) in [7, 11) is 0. The topological polar surface area (TPSA) is 42.4 Å². The van der Waals surface area contributed by atoms with E-state index in [1.807, 2.05) is 53.4 Å². The van der Waals surface area contributed by atoms with Crippen molar-refractivity contribution < 1.29 is 9.53 Å². The van der Waals surface area contributed by atoms with Gasteiger partial charge in [0.05, 0.1) is 13.1 Å². The Morgan fingerprint density at radius 3 is 2.52 bits per heavy atom. The second-order valence-corrected chi connectivity index (χ2v) is 6.00. The van der Waals surface area contributed by atoms with Crippen LogP contribution in [0, 0.1) is 0 Å². The fraction of sp³-hybridized carbons (Fsp3) is 0.143. The van der Waals surface area contributed by atoms with E-state index in [0.29, 0.717) is 25.3 Å². The molecule has 0 fully saturated rings. The van der Waals surface area contributed by atoms with E-state index in [-0.39, 0.29) is 5.91 Å². The lowest BCUT2D eigenvalue weighted by Gasteiger charge is -2.20. The predicted octanol–water partition coefficient (Wildman–Crippen LogP) is 3.78. The number of rotatable bonds is 2. The van der Waals surface area contributed by atoms with Crippen molar-refractivity contribution in [3.63, 3.8) is 0 Å². The van der Waals surface area contributed by atoms with Gasteiger partial charge < -0.3 is 9.64 Å². The van der Waals surface area contributed by atoms with E-state index < -0.39 is 0 Å². The molecule has 0 spiro atoms. The average molecular weight is 330 g/mol. The largest absolute Gasteiger partial charge is 0.491 e. The quantitative estimate of drug-likeness (QED) is 0.718. The Morgan fingerprint density at radius 1 is 0.960 bits per heavy atom. The summed E-state index contributed by atoms with van der Waals surface area (Å²) in [6, 6.07) is 19.8. The molecule has 1 aliphatic rings. The zero-order chi connectivity index (χ0) is 17.1. The lowest BCUT2D eigenvalue weighted by atomic mass is 10.0. The number of ether oxygens (including phenoxy) is 1. The highest BCUT2D eigenvalue weighted by Crippen LogP contribution is 2.24. The number of carbonyl (C=O) groups is 1. The van der Waals surface area contributed by atoms with Gasteiger partial charge in [0.1, 0.15) is 12.4 Å². The Kier molecular flexibility index (Phi) is 4.17. The van der Waals surface area contributed by atoms with Crippen LogP contribution in [0.1, 0.15) is 15.9 Å². The number of aromatic nitrogens is 1. The van der Waals surface area contributed by atoms with Crippen LogP contribution >= 0.6 is 0 Å². The first-order chi connectivity index (χ1) is 12.3. The first-order valence-corrected chi connectivity index (χ1v) is 8.32. The van der Waals surface area contributed by atoms with Crippen LogP contribution in [0.15, 0.2) is 73.1 Å². The molecule has 0 aliphatic carbocycles. The van der Waals surface area contributed by atoms with Crippen molar-refractivity contribution in [2.24, 2.45) is 0 Å². The first kappa shape index (κ1) is 15.4. The summed E-state index contributed by atoms with van der Waals surface area (Å²) in [5.41, 5.74) is 3.87. The number of carbonyl (C=O) groups excluding carboxylic acids is 1. The smallest absolute Gasteiger partial charge is 0.254 e. The summed E-state index contributed by atoms with van der Waals surface area (Å²) in [6.45, 7) is 1.57. The van der Waals surface area contributed by atoms with Gasteiger partial charge in [0.15, 0.2) is 0 Å². The van der Waals surface area contributed by atoms with Gasteiger partial charge in [0.25, 0.3) is 5.91 Å². The van der Waals surface area contributed by atoms with Crippen LogP contribution in [-0.4, -0.2) is 28.9 Å². The summed E-state index contributed by atoms with van der Waals surface area (Å²) in [4.78, 5) is 18.8. The average Bonchev–Trinajstić information content (AvgIpc) is 2.91. The maximum atomic E-state index is 12.9. The molecular weight excluding hydrogens is 312 g/mol. The Morgan fingerprint density at radius 2 is 1.72 bits per heavy atom. The van der Waals surface area contributed by atoms with Crippen molar-refractivity contribution in [2.45, 2.75) is 6.54 Å². The third kappa shape index (κ3) is 3.24. The Hall–Kier alpha value is -3.14. The third-order valence-electron chi connectivity index (χ3n) is 4.36. The summed E-state index contributed by atoms with van der Waals surface area (Å²) in [5.74, 6) is 0.824. The first-order valence-electron chi connectivity index (χ1n) is 8.32. The molecule has 124 valence electrons. The van der Waals surface area contributed by atoms with Gasteiger partial charge in [-0.3, -0.25) is 9.78 Å². The normalized spacial score (nSPS) is 13.5. The number of hydrogen-bond acceptors (Lipinski definition) is 3. The summed E-state index contributed by atoms with van der Waals surface area (Å²) in [6.07, 6.45) is 3.47. The number of benzene rings is 2. The van der Waals surface area contributed by atoms with Crippen molar-refractivity contribution in [3.05, 3.63) is 84.2 Å². The SMILES string of the molecule is O=C(c1ccc(-c2ccccc2)cc1)N1CCOc2ccncc2C1. The molecule has 0 unspecified atom stereocenters. The molecule has 0 N–H and O–H groups in total. The van der Waals surface area contributed by atoms with Crippen LogP contribution in [0.25, 0.3) is 11.1 Å². The van der Waals surface area contributed by atoms with Gasteiger partial charge in [-0.2, -0.15) is 0 Å². The molecular formula is C21H18N2O2. The van der Waals surface area contributed by atoms with Crippen molar-refractivity contribution >= 4 is 5.91 Å². The molecule has 4 heteroatoms. The number of nitrogens with zero attached hydrogens (tertiary/aromatic N) is 2. The van der Waals surface area contributed by atoms with Crippen LogP contribution in [0.3, 0.4) is 0 Å². The van der Waals surface area contributed by atoms with E-state index in [4.69, 9.17) is 4.74 Å². The van der Waals surface area contributed by atoms with Crippen LogP contribution in [0.5, 0.6) is 5.75 Å². The van der Waals surface area contributed by atoms with Gasteiger partial charge in [-0.05, 0) is 29.3 Å². The van der Waals surface area contributed by atoms with E-state index in [0.717, 1.165) is 22.4 Å². The second kappa shape index (κ2) is 6.77. The summed E-state index contributed by atoms with van der Waals surface area (Å²) < 4.78 is 5.71. The van der Waals surface area contributed by atoms with Crippen LogP contribution in [0.2, 0.25) is 0 Å². The fourth-order valence-electron chi connectivity index (χ4n) is 3.02. The van der Waals surface area contributed by atoms with Crippen molar-refractivity contribution in [1.29, 1.82) is 0 Å². The van der Waals surface area contributed by atoms with Gasteiger partial charge in [0, 0.05) is 23.5 Å². The van der Waals surface area contributed by atoms with Gasteiger partial charge in [-0.1, -0.05) is 42.5 Å². The van der Waals surface area contributed by atoms with E-state index in [1.54, 1.807) is 12.4 Å². The Balaban J connectivity index is 1.55. The zero-order valence-corrected chi connectivity index (χ0v) is 13.8. The van der Waals surface area contributed by atoms with Crippen molar-refractivity contribution in [2.75, 3.05) is 13.2 Å².